The van der Waals surface area contributed by atoms with E-state index in [1.54, 1.807) is 31.2 Å². The first-order valence-corrected chi connectivity index (χ1v) is 13.8. The van der Waals surface area contributed by atoms with Gasteiger partial charge in [-0.2, -0.15) is 18.2 Å². The molecule has 3 aromatic rings. The summed E-state index contributed by atoms with van der Waals surface area (Å²) in [5.41, 5.74) is 1.18. The third kappa shape index (κ3) is 9.41. The summed E-state index contributed by atoms with van der Waals surface area (Å²) in [6.45, 7) is 3.96. The summed E-state index contributed by atoms with van der Waals surface area (Å²) in [5, 5.41) is 13.9. The maximum Gasteiger partial charge on any atom is 0.416 e. The van der Waals surface area contributed by atoms with Crippen LogP contribution in [0.1, 0.15) is 100 Å². The van der Waals surface area contributed by atoms with Crippen LogP contribution in [-0.4, -0.2) is 26.2 Å². The van der Waals surface area contributed by atoms with Gasteiger partial charge in [-0.05, 0) is 48.7 Å². The van der Waals surface area contributed by atoms with Crippen LogP contribution in [0.5, 0.6) is 0 Å². The van der Waals surface area contributed by atoms with Crippen molar-refractivity contribution < 1.29 is 27.6 Å². The molecule has 0 spiro atoms. The molecule has 39 heavy (non-hydrogen) atoms. The zero-order valence-electron chi connectivity index (χ0n) is 22.7. The minimum Gasteiger partial charge on any atom is -0.465 e. The number of nitrogens with zero attached hydrogens (tertiary/aromatic N) is 3. The number of carboxylic acid groups (broad SMARTS) is 1. The Morgan fingerprint density at radius 1 is 0.923 bits per heavy atom. The van der Waals surface area contributed by atoms with E-state index < -0.39 is 23.9 Å². The van der Waals surface area contributed by atoms with E-state index in [0.29, 0.717) is 17.3 Å². The molecule has 1 amide bonds. The fraction of sp³-hybridized carbons (Fsp3) is 0.500. The van der Waals surface area contributed by atoms with Gasteiger partial charge in [0.1, 0.15) is 0 Å². The van der Waals surface area contributed by atoms with Crippen molar-refractivity contribution in [3.05, 3.63) is 71.0 Å². The van der Waals surface area contributed by atoms with Crippen molar-refractivity contribution in [3.8, 4) is 11.5 Å². The maximum absolute atomic E-state index is 12.9. The second kappa shape index (κ2) is 14.7. The van der Waals surface area contributed by atoms with Crippen molar-refractivity contribution in [1.82, 2.24) is 15.0 Å². The molecule has 9 heteroatoms. The van der Waals surface area contributed by atoms with Crippen LogP contribution in [0.3, 0.4) is 0 Å². The third-order valence-corrected chi connectivity index (χ3v) is 6.96. The number of alkyl halides is 3. The quantitative estimate of drug-likeness (QED) is 0.193. The van der Waals surface area contributed by atoms with Crippen LogP contribution in [0.25, 0.3) is 11.5 Å². The summed E-state index contributed by atoms with van der Waals surface area (Å²) in [7, 11) is 0. The number of aromatic nitrogens is 2. The fourth-order valence-corrected chi connectivity index (χ4v) is 4.52. The highest BCUT2D eigenvalue weighted by molar-refractivity contribution is 5.66. The topological polar surface area (TPSA) is 79.5 Å². The molecule has 212 valence electrons. The monoisotopic (exact) mass is 545 g/mol. The van der Waals surface area contributed by atoms with Gasteiger partial charge in [-0.15, -0.1) is 0 Å². The first-order chi connectivity index (χ1) is 18.7. The highest BCUT2D eigenvalue weighted by Gasteiger charge is 2.30. The third-order valence-electron chi connectivity index (χ3n) is 6.96. The van der Waals surface area contributed by atoms with Crippen molar-refractivity contribution >= 4 is 6.09 Å². The first kappa shape index (κ1) is 30.2. The molecule has 0 aliphatic heterocycles. The molecule has 3 rings (SSSR count). The smallest absolute Gasteiger partial charge is 0.416 e. The first-order valence-electron chi connectivity index (χ1n) is 13.8. The molecule has 2 aromatic carbocycles. The van der Waals surface area contributed by atoms with Gasteiger partial charge < -0.3 is 9.63 Å². The molecule has 0 aliphatic rings. The zero-order chi connectivity index (χ0) is 28.3. The standard InChI is InChI=1S/C30H38F3N3O3/c1-3-4-5-6-7-8-9-10-11-12-27-34-28(39-35-27)25-15-13-23(14-16-25)21-36(29(37)38)22(2)24-17-19-26(20-18-24)30(31,32)33/h13-20,22H,3-12,21H2,1-2H3,(H,37,38). The van der Waals surface area contributed by atoms with E-state index in [2.05, 4.69) is 17.1 Å². The highest BCUT2D eigenvalue weighted by Crippen LogP contribution is 2.31. The van der Waals surface area contributed by atoms with Gasteiger partial charge in [0.25, 0.3) is 5.89 Å². The molecule has 0 saturated heterocycles. The number of hydrogen-bond acceptors (Lipinski definition) is 4. The van der Waals surface area contributed by atoms with Gasteiger partial charge in [0.15, 0.2) is 5.82 Å². The van der Waals surface area contributed by atoms with Crippen molar-refractivity contribution in [2.75, 3.05) is 0 Å². The lowest BCUT2D eigenvalue weighted by Crippen LogP contribution is -2.31. The average Bonchev–Trinajstić information content (AvgIpc) is 3.39. The molecule has 0 bridgehead atoms. The Morgan fingerprint density at radius 2 is 1.51 bits per heavy atom. The Labute approximate surface area is 228 Å². The van der Waals surface area contributed by atoms with E-state index >= 15 is 0 Å². The molecule has 0 saturated carbocycles. The van der Waals surface area contributed by atoms with E-state index in [0.717, 1.165) is 42.5 Å². The van der Waals surface area contributed by atoms with Crippen LogP contribution in [0.4, 0.5) is 18.0 Å². The fourth-order valence-electron chi connectivity index (χ4n) is 4.52. The van der Waals surface area contributed by atoms with Crippen LogP contribution in [-0.2, 0) is 19.1 Å². The van der Waals surface area contributed by atoms with Gasteiger partial charge in [0, 0.05) is 18.5 Å². The molecule has 0 fully saturated rings. The summed E-state index contributed by atoms with van der Waals surface area (Å²) in [6, 6.07) is 11.1. The lowest BCUT2D eigenvalue weighted by atomic mass is 10.0. The second-order valence-electron chi connectivity index (χ2n) is 10.00. The highest BCUT2D eigenvalue weighted by atomic mass is 19.4. The van der Waals surface area contributed by atoms with Crippen LogP contribution in [0, 0.1) is 0 Å². The molecule has 0 aliphatic carbocycles. The minimum absolute atomic E-state index is 0.0749. The summed E-state index contributed by atoms with van der Waals surface area (Å²) in [4.78, 5) is 17.6. The van der Waals surface area contributed by atoms with E-state index in [9.17, 15) is 23.1 Å². The molecule has 6 nitrogen and oxygen atoms in total. The molecule has 1 atom stereocenters. The summed E-state index contributed by atoms with van der Waals surface area (Å²) in [6.07, 6.45) is 6.41. The molecular formula is C30H38F3N3O3. The molecule has 1 aromatic heterocycles. The Morgan fingerprint density at radius 3 is 2.08 bits per heavy atom. The number of halogens is 3. The van der Waals surface area contributed by atoms with Crippen molar-refractivity contribution in [2.45, 2.75) is 96.8 Å². The van der Waals surface area contributed by atoms with Gasteiger partial charge in [-0.25, -0.2) is 4.79 Å². The summed E-state index contributed by atoms with van der Waals surface area (Å²) >= 11 is 0. The lowest BCUT2D eigenvalue weighted by molar-refractivity contribution is -0.137. The Kier molecular flexibility index (Phi) is 11.4. The SMILES string of the molecule is CCCCCCCCCCCc1noc(-c2ccc(CN(C(=O)O)C(C)c3ccc(C(F)(F)F)cc3)cc2)n1. The van der Waals surface area contributed by atoms with E-state index in [4.69, 9.17) is 4.52 Å². The average molecular weight is 546 g/mol. The van der Waals surface area contributed by atoms with Crippen LogP contribution in [0.2, 0.25) is 0 Å². The van der Waals surface area contributed by atoms with Crippen molar-refractivity contribution in [3.63, 3.8) is 0 Å². The van der Waals surface area contributed by atoms with E-state index in [1.807, 2.05) is 0 Å². The largest absolute Gasteiger partial charge is 0.465 e. The number of amides is 1. The lowest BCUT2D eigenvalue weighted by Gasteiger charge is -2.27. The van der Waals surface area contributed by atoms with Crippen molar-refractivity contribution in [1.29, 1.82) is 0 Å². The van der Waals surface area contributed by atoms with E-state index in [1.165, 1.54) is 62.0 Å². The Balaban J connectivity index is 1.51. The zero-order valence-corrected chi connectivity index (χ0v) is 22.7. The molecule has 1 N–H and O–H groups in total. The number of aryl methyl sites for hydroxylation is 1. The van der Waals surface area contributed by atoms with Gasteiger partial charge in [0.2, 0.25) is 0 Å². The normalized spacial score (nSPS) is 12.4. The minimum atomic E-state index is -4.44. The predicted octanol–water partition coefficient (Wildman–Crippen LogP) is 9.07. The summed E-state index contributed by atoms with van der Waals surface area (Å²) in [5.74, 6) is 1.10. The maximum atomic E-state index is 12.9. The second-order valence-corrected chi connectivity index (χ2v) is 10.00. The number of carbonyl (C=O) groups is 1. The van der Waals surface area contributed by atoms with Gasteiger partial charge in [0.05, 0.1) is 11.6 Å². The van der Waals surface area contributed by atoms with Crippen molar-refractivity contribution in [2.24, 2.45) is 0 Å². The predicted molar refractivity (Wildman–Crippen MR) is 144 cm³/mol. The Bertz CT molecular complexity index is 1140. The van der Waals surface area contributed by atoms with Crippen LogP contribution < -0.4 is 0 Å². The van der Waals surface area contributed by atoms with Crippen LogP contribution in [0.15, 0.2) is 53.1 Å². The molecule has 0 radical (unpaired) electrons. The Hall–Kier alpha value is -3.36. The van der Waals surface area contributed by atoms with Gasteiger partial charge in [-0.1, -0.05) is 87.7 Å². The number of hydrogen-bond donors (Lipinski definition) is 1. The number of rotatable bonds is 15. The van der Waals surface area contributed by atoms with Crippen LogP contribution >= 0.6 is 0 Å². The number of unbranched alkanes of at least 4 members (excludes halogenated alkanes) is 8. The molecule has 1 heterocycles. The molecular weight excluding hydrogens is 507 g/mol. The van der Waals surface area contributed by atoms with E-state index in [-0.39, 0.29) is 6.54 Å². The molecule has 1 unspecified atom stereocenters. The van der Waals surface area contributed by atoms with Gasteiger partial charge in [-0.3, -0.25) is 4.90 Å². The summed E-state index contributed by atoms with van der Waals surface area (Å²) < 4.78 is 44.0. The number of benzene rings is 2. The van der Waals surface area contributed by atoms with Gasteiger partial charge >= 0.3 is 12.3 Å².